The van der Waals surface area contributed by atoms with Crippen LogP contribution in [0, 0.1) is 6.92 Å². The number of hydrogen-bond donors (Lipinski definition) is 1. The Morgan fingerprint density at radius 2 is 2.00 bits per heavy atom. The molecule has 1 aromatic heterocycles. The fourth-order valence-electron chi connectivity index (χ4n) is 4.20. The van der Waals surface area contributed by atoms with Gasteiger partial charge >= 0.3 is 0 Å². The fraction of sp³-hybridized carbons (Fsp3) is 0.375. The molecular weight excluding hydrogens is 364 g/mol. The number of carbonyl (C=O) groups excluding carboxylic acids is 1. The van der Waals surface area contributed by atoms with E-state index in [4.69, 9.17) is 9.15 Å². The van der Waals surface area contributed by atoms with Crippen molar-refractivity contribution in [3.05, 3.63) is 65.4 Å². The molecule has 0 radical (unpaired) electrons. The van der Waals surface area contributed by atoms with Crippen LogP contribution in [0.5, 0.6) is 5.75 Å². The summed E-state index contributed by atoms with van der Waals surface area (Å²) >= 11 is 0. The van der Waals surface area contributed by atoms with E-state index in [0.717, 1.165) is 46.5 Å². The first-order valence-electron chi connectivity index (χ1n) is 10.3. The van der Waals surface area contributed by atoms with Gasteiger partial charge in [0.1, 0.15) is 11.3 Å². The summed E-state index contributed by atoms with van der Waals surface area (Å²) in [5.41, 5.74) is 4.03. The number of carbonyl (C=O) groups is 1. The standard InChI is InChI=1S/C24H28N2O3/c1-17-9-10-19-18(16-29-23(19)13-17)14-24(27)25-15-21(26-11-5-6-12-26)20-7-3-4-8-22(20)28-2/h3-4,7-10,13,16,21H,5-6,11-12,14-15H2,1-2H3,(H,25,27). The molecule has 0 saturated carbocycles. The number of fused-ring (bicyclic) bond motifs is 1. The number of nitrogens with zero attached hydrogens (tertiary/aromatic N) is 1. The van der Waals surface area contributed by atoms with Crippen LogP contribution in [0.25, 0.3) is 11.0 Å². The number of hydrogen-bond acceptors (Lipinski definition) is 4. The minimum atomic E-state index is 0.00682. The number of para-hydroxylation sites is 1. The van der Waals surface area contributed by atoms with E-state index in [1.54, 1.807) is 13.4 Å². The van der Waals surface area contributed by atoms with Gasteiger partial charge in [0, 0.05) is 23.1 Å². The van der Waals surface area contributed by atoms with Gasteiger partial charge in [0.15, 0.2) is 0 Å². The topological polar surface area (TPSA) is 54.7 Å². The summed E-state index contributed by atoms with van der Waals surface area (Å²) in [6.07, 6.45) is 4.40. The number of amides is 1. The van der Waals surface area contributed by atoms with E-state index in [1.165, 1.54) is 12.8 Å². The number of rotatable bonds is 7. The lowest BCUT2D eigenvalue weighted by molar-refractivity contribution is -0.120. The number of ether oxygens (including phenoxy) is 1. The van der Waals surface area contributed by atoms with Gasteiger partial charge in [-0.2, -0.15) is 0 Å². The van der Waals surface area contributed by atoms with Gasteiger partial charge in [-0.25, -0.2) is 0 Å². The smallest absolute Gasteiger partial charge is 0.224 e. The average molecular weight is 392 g/mol. The van der Waals surface area contributed by atoms with E-state index in [0.29, 0.717) is 13.0 Å². The van der Waals surface area contributed by atoms with Crippen LogP contribution in [0.15, 0.2) is 53.1 Å². The summed E-state index contributed by atoms with van der Waals surface area (Å²) in [7, 11) is 1.70. The Morgan fingerprint density at radius 3 is 2.79 bits per heavy atom. The van der Waals surface area contributed by atoms with Gasteiger partial charge in [-0.05, 0) is 50.6 Å². The maximum Gasteiger partial charge on any atom is 0.224 e. The minimum Gasteiger partial charge on any atom is -0.496 e. The second-order valence-electron chi connectivity index (χ2n) is 7.74. The maximum atomic E-state index is 12.7. The zero-order valence-corrected chi connectivity index (χ0v) is 17.1. The predicted octanol–water partition coefficient (Wildman–Crippen LogP) is 4.25. The maximum absolute atomic E-state index is 12.7. The fourth-order valence-corrected chi connectivity index (χ4v) is 4.20. The van der Waals surface area contributed by atoms with Gasteiger partial charge in [0.05, 0.1) is 25.8 Å². The molecule has 3 aromatic rings. The zero-order valence-electron chi connectivity index (χ0n) is 17.1. The van der Waals surface area contributed by atoms with Crippen molar-refractivity contribution < 1.29 is 13.9 Å². The Bertz CT molecular complexity index is 989. The Balaban J connectivity index is 1.47. The molecule has 4 rings (SSSR count). The minimum absolute atomic E-state index is 0.00682. The number of nitrogens with one attached hydrogen (secondary N) is 1. The first kappa shape index (κ1) is 19.5. The lowest BCUT2D eigenvalue weighted by atomic mass is 10.0. The lowest BCUT2D eigenvalue weighted by Crippen LogP contribution is -2.37. The lowest BCUT2D eigenvalue weighted by Gasteiger charge is -2.29. The highest BCUT2D eigenvalue weighted by Crippen LogP contribution is 2.31. The third-order valence-corrected chi connectivity index (χ3v) is 5.73. The molecule has 5 heteroatoms. The molecule has 152 valence electrons. The highest BCUT2D eigenvalue weighted by molar-refractivity contribution is 5.87. The summed E-state index contributed by atoms with van der Waals surface area (Å²) in [5.74, 6) is 0.877. The van der Waals surface area contributed by atoms with Crippen LogP contribution in [-0.2, 0) is 11.2 Å². The van der Waals surface area contributed by atoms with Gasteiger partial charge in [0.2, 0.25) is 5.91 Å². The van der Waals surface area contributed by atoms with Gasteiger partial charge < -0.3 is 14.5 Å². The summed E-state index contributed by atoms with van der Waals surface area (Å²) in [5, 5.41) is 4.15. The number of furan rings is 1. The van der Waals surface area contributed by atoms with Crippen molar-refractivity contribution in [1.82, 2.24) is 10.2 Å². The monoisotopic (exact) mass is 392 g/mol. The van der Waals surface area contributed by atoms with Crippen LogP contribution in [0.3, 0.4) is 0 Å². The Labute approximate surface area is 171 Å². The van der Waals surface area contributed by atoms with Crippen molar-refractivity contribution >= 4 is 16.9 Å². The molecule has 1 N–H and O–H groups in total. The van der Waals surface area contributed by atoms with E-state index in [2.05, 4.69) is 16.3 Å². The second kappa shape index (κ2) is 8.70. The number of likely N-dealkylation sites (tertiary alicyclic amines) is 1. The van der Waals surface area contributed by atoms with Crippen LogP contribution in [0.1, 0.15) is 35.6 Å². The molecule has 1 aliphatic rings. The first-order chi connectivity index (χ1) is 14.2. The van der Waals surface area contributed by atoms with Crippen LogP contribution >= 0.6 is 0 Å². The SMILES string of the molecule is COc1ccccc1C(CNC(=O)Cc1coc2cc(C)ccc12)N1CCCC1. The summed E-state index contributed by atoms with van der Waals surface area (Å²) in [4.78, 5) is 15.2. The van der Waals surface area contributed by atoms with Crippen molar-refractivity contribution in [2.75, 3.05) is 26.7 Å². The normalized spacial score (nSPS) is 15.5. The van der Waals surface area contributed by atoms with Gasteiger partial charge in [-0.3, -0.25) is 9.69 Å². The van der Waals surface area contributed by atoms with Crippen LogP contribution < -0.4 is 10.1 Å². The van der Waals surface area contributed by atoms with Crippen LogP contribution in [0.4, 0.5) is 0 Å². The number of aryl methyl sites for hydroxylation is 1. The predicted molar refractivity (Wildman–Crippen MR) is 114 cm³/mol. The van der Waals surface area contributed by atoms with E-state index in [9.17, 15) is 4.79 Å². The van der Waals surface area contributed by atoms with Gasteiger partial charge in [0.25, 0.3) is 0 Å². The van der Waals surface area contributed by atoms with Gasteiger partial charge in [-0.1, -0.05) is 30.3 Å². The molecular formula is C24H28N2O3. The molecule has 1 atom stereocenters. The highest BCUT2D eigenvalue weighted by atomic mass is 16.5. The molecule has 0 spiro atoms. The van der Waals surface area contributed by atoms with E-state index in [-0.39, 0.29) is 11.9 Å². The second-order valence-corrected chi connectivity index (χ2v) is 7.74. The Kier molecular flexibility index (Phi) is 5.86. The molecule has 5 nitrogen and oxygen atoms in total. The number of methoxy groups -OCH3 is 1. The van der Waals surface area contributed by atoms with Crippen molar-refractivity contribution in [2.45, 2.75) is 32.2 Å². The molecule has 1 unspecified atom stereocenters. The summed E-state index contributed by atoms with van der Waals surface area (Å²) in [6.45, 7) is 4.69. The molecule has 2 heterocycles. The van der Waals surface area contributed by atoms with E-state index in [1.807, 2.05) is 43.3 Å². The quantitative estimate of drug-likeness (QED) is 0.653. The Morgan fingerprint density at radius 1 is 1.21 bits per heavy atom. The molecule has 0 aliphatic carbocycles. The Hall–Kier alpha value is -2.79. The zero-order chi connectivity index (χ0) is 20.2. The molecule has 29 heavy (non-hydrogen) atoms. The summed E-state index contributed by atoms with van der Waals surface area (Å²) < 4.78 is 11.2. The molecule has 1 saturated heterocycles. The molecule has 1 aliphatic heterocycles. The van der Waals surface area contributed by atoms with Crippen molar-refractivity contribution in [3.63, 3.8) is 0 Å². The van der Waals surface area contributed by atoms with Gasteiger partial charge in [-0.15, -0.1) is 0 Å². The molecule has 1 fully saturated rings. The third-order valence-electron chi connectivity index (χ3n) is 5.73. The third kappa shape index (κ3) is 4.30. The van der Waals surface area contributed by atoms with Crippen molar-refractivity contribution in [1.29, 1.82) is 0 Å². The largest absolute Gasteiger partial charge is 0.496 e. The molecule has 2 aromatic carbocycles. The van der Waals surface area contributed by atoms with Crippen LogP contribution in [-0.4, -0.2) is 37.6 Å². The number of benzene rings is 2. The highest BCUT2D eigenvalue weighted by Gasteiger charge is 2.26. The first-order valence-corrected chi connectivity index (χ1v) is 10.3. The van der Waals surface area contributed by atoms with Crippen LogP contribution in [0.2, 0.25) is 0 Å². The van der Waals surface area contributed by atoms with E-state index >= 15 is 0 Å². The molecule has 1 amide bonds. The molecule has 0 bridgehead atoms. The summed E-state index contributed by atoms with van der Waals surface area (Å²) in [6, 6.07) is 14.3. The van der Waals surface area contributed by atoms with E-state index < -0.39 is 0 Å². The average Bonchev–Trinajstić information content (AvgIpc) is 3.39. The van der Waals surface area contributed by atoms with Crippen molar-refractivity contribution in [3.8, 4) is 5.75 Å². The van der Waals surface area contributed by atoms with Crippen molar-refractivity contribution in [2.24, 2.45) is 0 Å².